The van der Waals surface area contributed by atoms with Crippen LogP contribution in [0, 0.1) is 6.92 Å². The monoisotopic (exact) mass is 350 g/mol. The van der Waals surface area contributed by atoms with Crippen LogP contribution < -0.4 is 5.32 Å². The van der Waals surface area contributed by atoms with Gasteiger partial charge in [-0.2, -0.15) is 0 Å². The van der Waals surface area contributed by atoms with E-state index in [0.29, 0.717) is 5.69 Å². The molecule has 0 aliphatic rings. The van der Waals surface area contributed by atoms with E-state index in [1.54, 1.807) is 29.5 Å². The highest BCUT2D eigenvalue weighted by Crippen LogP contribution is 2.18. The number of rotatable bonds is 5. The third-order valence-corrected chi connectivity index (χ3v) is 5.86. The van der Waals surface area contributed by atoms with Gasteiger partial charge >= 0.3 is 0 Å². The van der Waals surface area contributed by atoms with Crippen LogP contribution in [-0.4, -0.2) is 32.7 Å². The number of aryl methyl sites for hydroxylation is 1. The van der Waals surface area contributed by atoms with E-state index in [1.807, 2.05) is 19.1 Å². The second-order valence-corrected chi connectivity index (χ2v) is 8.55. The van der Waals surface area contributed by atoms with E-state index >= 15 is 0 Å². The van der Waals surface area contributed by atoms with Crippen molar-refractivity contribution in [1.82, 2.24) is 4.31 Å². The molecule has 0 aliphatic heterocycles. The summed E-state index contributed by atoms with van der Waals surface area (Å²) < 4.78 is 25.1. The minimum absolute atomic E-state index is 0.185. The third kappa shape index (κ3) is 4.51. The molecule has 5 nitrogen and oxygen atoms in total. The van der Waals surface area contributed by atoms with Gasteiger partial charge in [0.2, 0.25) is 15.9 Å². The lowest BCUT2D eigenvalue weighted by Gasteiger charge is -2.11. The van der Waals surface area contributed by atoms with Crippen LogP contribution in [0.4, 0.5) is 5.69 Å². The summed E-state index contributed by atoms with van der Waals surface area (Å²) in [4.78, 5) is 14.2. The van der Waals surface area contributed by atoms with Crippen LogP contribution in [0.2, 0.25) is 0 Å². The predicted octanol–water partition coefficient (Wildman–Crippen LogP) is 2.96. The van der Waals surface area contributed by atoms with Gasteiger partial charge in [0.1, 0.15) is 0 Å². The summed E-state index contributed by atoms with van der Waals surface area (Å²) in [6.07, 6.45) is 3.20. The Labute approximate surface area is 140 Å². The molecule has 0 fully saturated rings. The number of anilines is 1. The molecule has 1 amide bonds. The molecule has 1 heterocycles. The molecule has 0 unspecified atom stereocenters. The first-order valence-corrected chi connectivity index (χ1v) is 9.13. The van der Waals surface area contributed by atoms with Gasteiger partial charge in [0.05, 0.1) is 4.90 Å². The average molecular weight is 350 g/mol. The predicted molar refractivity (Wildman–Crippen MR) is 94.0 cm³/mol. The van der Waals surface area contributed by atoms with Crippen LogP contribution in [-0.2, 0) is 14.8 Å². The fourth-order valence-corrected chi connectivity index (χ4v) is 3.49. The van der Waals surface area contributed by atoms with Crippen LogP contribution in [0.5, 0.6) is 0 Å². The maximum Gasteiger partial charge on any atom is 0.248 e. The molecule has 1 N–H and O–H groups in total. The van der Waals surface area contributed by atoms with Crippen LogP contribution >= 0.6 is 11.3 Å². The molecule has 2 rings (SSSR count). The van der Waals surface area contributed by atoms with Crippen molar-refractivity contribution in [2.75, 3.05) is 19.4 Å². The van der Waals surface area contributed by atoms with E-state index < -0.39 is 10.0 Å². The number of sulfonamides is 1. The van der Waals surface area contributed by atoms with Crippen LogP contribution in [0.3, 0.4) is 0 Å². The molecule has 0 aliphatic carbocycles. The lowest BCUT2D eigenvalue weighted by atomic mass is 10.3. The summed E-state index contributed by atoms with van der Waals surface area (Å²) in [6.45, 7) is 2.01. The van der Waals surface area contributed by atoms with Crippen molar-refractivity contribution in [3.63, 3.8) is 0 Å². The van der Waals surface area contributed by atoms with E-state index in [-0.39, 0.29) is 10.8 Å². The number of carbonyl (C=O) groups is 1. The molecule has 2 aromatic rings. The van der Waals surface area contributed by atoms with Crippen molar-refractivity contribution in [3.05, 3.63) is 52.2 Å². The second-order valence-electron chi connectivity index (χ2n) is 5.08. The SMILES string of the molecule is Cc1ccc(/C=C/C(=O)Nc2ccc(S(=O)(=O)N(C)C)cc2)s1. The smallest absolute Gasteiger partial charge is 0.248 e. The third-order valence-electron chi connectivity index (χ3n) is 3.06. The quantitative estimate of drug-likeness (QED) is 0.843. The zero-order valence-corrected chi connectivity index (χ0v) is 14.7. The van der Waals surface area contributed by atoms with E-state index in [0.717, 1.165) is 9.18 Å². The van der Waals surface area contributed by atoms with E-state index in [9.17, 15) is 13.2 Å². The van der Waals surface area contributed by atoms with Crippen LogP contribution in [0.1, 0.15) is 9.75 Å². The van der Waals surface area contributed by atoms with Crippen LogP contribution in [0.15, 0.2) is 47.4 Å². The summed E-state index contributed by atoms with van der Waals surface area (Å²) in [5.41, 5.74) is 0.541. The molecule has 0 saturated carbocycles. The molecular formula is C16H18N2O3S2. The Bertz CT molecular complexity index is 819. The zero-order valence-electron chi connectivity index (χ0n) is 13.1. The van der Waals surface area contributed by atoms with E-state index in [4.69, 9.17) is 0 Å². The molecule has 0 atom stereocenters. The fourth-order valence-electron chi connectivity index (χ4n) is 1.81. The zero-order chi connectivity index (χ0) is 17.0. The molecule has 0 bridgehead atoms. The van der Waals surface area contributed by atoms with Gasteiger partial charge in [0.15, 0.2) is 0 Å². The highest BCUT2D eigenvalue weighted by molar-refractivity contribution is 7.89. The standard InChI is InChI=1S/C16H18N2O3S2/c1-12-4-7-14(22-12)8-11-16(19)17-13-5-9-15(10-6-13)23(20,21)18(2)3/h4-11H,1-3H3,(H,17,19)/b11-8+. The number of nitrogens with one attached hydrogen (secondary N) is 1. The minimum Gasteiger partial charge on any atom is -0.323 e. The van der Waals surface area contributed by atoms with Crippen LogP contribution in [0.25, 0.3) is 6.08 Å². The minimum atomic E-state index is -3.46. The van der Waals surface area contributed by atoms with Crippen molar-refractivity contribution in [1.29, 1.82) is 0 Å². The van der Waals surface area contributed by atoms with Gasteiger partial charge in [-0.25, -0.2) is 12.7 Å². The first-order chi connectivity index (χ1) is 10.8. The Hall–Kier alpha value is -1.96. The summed E-state index contributed by atoms with van der Waals surface area (Å²) in [5.74, 6) is -0.265. The van der Waals surface area contributed by atoms with Crippen molar-refractivity contribution < 1.29 is 13.2 Å². The topological polar surface area (TPSA) is 66.5 Å². The summed E-state index contributed by atoms with van der Waals surface area (Å²) in [6, 6.07) is 10.0. The van der Waals surface area contributed by atoms with Gasteiger partial charge in [-0.3, -0.25) is 4.79 Å². The Morgan fingerprint density at radius 3 is 2.30 bits per heavy atom. The molecule has 0 radical (unpaired) electrons. The molecule has 7 heteroatoms. The highest BCUT2D eigenvalue weighted by atomic mass is 32.2. The van der Waals surface area contributed by atoms with Gasteiger partial charge in [0.25, 0.3) is 0 Å². The van der Waals surface area contributed by atoms with Gasteiger partial charge in [-0.05, 0) is 49.4 Å². The molecule has 0 spiro atoms. The number of benzene rings is 1. The van der Waals surface area contributed by atoms with Gasteiger partial charge in [-0.1, -0.05) is 0 Å². The normalized spacial score (nSPS) is 12.0. The summed E-state index contributed by atoms with van der Waals surface area (Å²) in [5, 5.41) is 2.70. The van der Waals surface area contributed by atoms with Crippen molar-refractivity contribution >= 4 is 39.0 Å². The molecule has 23 heavy (non-hydrogen) atoms. The maximum absolute atomic E-state index is 12.0. The molecule has 0 saturated heterocycles. The molecule has 1 aromatic carbocycles. The first kappa shape index (κ1) is 17.4. The second kappa shape index (κ2) is 7.08. The fraction of sp³-hybridized carbons (Fsp3) is 0.188. The van der Waals surface area contributed by atoms with Crippen molar-refractivity contribution in [2.45, 2.75) is 11.8 Å². The number of amides is 1. The van der Waals surface area contributed by atoms with Gasteiger partial charge in [-0.15, -0.1) is 11.3 Å². The summed E-state index contributed by atoms with van der Waals surface area (Å²) in [7, 11) is -0.509. The molecule has 1 aromatic heterocycles. The average Bonchev–Trinajstić information content (AvgIpc) is 2.91. The van der Waals surface area contributed by atoms with Crippen molar-refractivity contribution in [3.8, 4) is 0 Å². The molecule has 122 valence electrons. The summed E-state index contributed by atoms with van der Waals surface area (Å²) >= 11 is 1.61. The van der Waals surface area contributed by atoms with Gasteiger partial charge in [0, 0.05) is 35.6 Å². The Balaban J connectivity index is 2.03. The number of nitrogens with zero attached hydrogens (tertiary/aromatic N) is 1. The highest BCUT2D eigenvalue weighted by Gasteiger charge is 2.16. The Morgan fingerprint density at radius 2 is 1.78 bits per heavy atom. The maximum atomic E-state index is 12.0. The lowest BCUT2D eigenvalue weighted by molar-refractivity contribution is -0.111. The Morgan fingerprint density at radius 1 is 1.13 bits per heavy atom. The lowest BCUT2D eigenvalue weighted by Crippen LogP contribution is -2.22. The number of thiophene rings is 1. The van der Waals surface area contributed by atoms with E-state index in [2.05, 4.69) is 5.32 Å². The largest absolute Gasteiger partial charge is 0.323 e. The van der Waals surface area contributed by atoms with E-state index in [1.165, 1.54) is 37.2 Å². The molecular weight excluding hydrogens is 332 g/mol. The number of hydrogen-bond acceptors (Lipinski definition) is 4. The van der Waals surface area contributed by atoms with Crippen molar-refractivity contribution in [2.24, 2.45) is 0 Å². The van der Waals surface area contributed by atoms with Gasteiger partial charge < -0.3 is 5.32 Å². The number of hydrogen-bond donors (Lipinski definition) is 1. The number of carbonyl (C=O) groups excluding carboxylic acids is 1. The first-order valence-electron chi connectivity index (χ1n) is 6.87. The Kier molecular flexibility index (Phi) is 5.35.